The molecule has 2 bridgehead atoms. The first-order valence-electron chi connectivity index (χ1n) is 9.47. The third-order valence-electron chi connectivity index (χ3n) is 5.40. The van der Waals surface area contributed by atoms with Gasteiger partial charge in [-0.05, 0) is 61.4 Å². The highest BCUT2D eigenvalue weighted by Gasteiger charge is 2.51. The number of nitrogens with one attached hydrogen (secondary N) is 2. The maximum Gasteiger partial charge on any atom is 0.264 e. The normalized spacial score (nSPS) is 25.7. The van der Waals surface area contributed by atoms with Gasteiger partial charge >= 0.3 is 0 Å². The summed E-state index contributed by atoms with van der Waals surface area (Å²) in [5, 5.41) is 9.19. The first-order valence-corrected chi connectivity index (χ1v) is 11.0. The molecule has 160 valence electrons. The summed E-state index contributed by atoms with van der Waals surface area (Å²) >= 11 is 0. The number of amides is 1. The average molecular weight is 436 g/mol. The zero-order chi connectivity index (χ0) is 21.4. The van der Waals surface area contributed by atoms with Gasteiger partial charge in [-0.3, -0.25) is 10.0 Å². The topological polar surface area (TPSA) is 114 Å². The number of carbonyl (C=O) groups is 1. The summed E-state index contributed by atoms with van der Waals surface area (Å²) < 4.78 is 52.7. The van der Waals surface area contributed by atoms with E-state index in [0.717, 1.165) is 12.8 Å². The molecule has 3 N–H and O–H groups in total. The van der Waals surface area contributed by atoms with Crippen molar-refractivity contribution in [1.29, 1.82) is 0 Å². The van der Waals surface area contributed by atoms with Gasteiger partial charge in [-0.1, -0.05) is 0 Å². The molecule has 2 aromatic carbocycles. The van der Waals surface area contributed by atoms with Crippen LogP contribution >= 0.6 is 0 Å². The summed E-state index contributed by atoms with van der Waals surface area (Å²) in [7, 11) is -4.07. The van der Waals surface area contributed by atoms with Crippen molar-refractivity contribution in [2.24, 2.45) is 0 Å². The number of sulfonamides is 1. The lowest BCUT2D eigenvalue weighted by atomic mass is 9.87. The van der Waals surface area contributed by atoms with Gasteiger partial charge in [-0.2, -0.15) is 4.72 Å². The fourth-order valence-electron chi connectivity index (χ4n) is 4.00. The Morgan fingerprint density at radius 2 is 1.57 bits per heavy atom. The van der Waals surface area contributed by atoms with Gasteiger partial charge in [0, 0.05) is 12.8 Å². The number of ether oxygens (including phenoxy) is 2. The first kappa shape index (κ1) is 20.7. The van der Waals surface area contributed by atoms with Gasteiger partial charge in [-0.25, -0.2) is 18.3 Å². The fraction of sp³-hybridized carbons (Fsp3) is 0.350. The highest BCUT2D eigenvalue weighted by atomic mass is 32.2. The van der Waals surface area contributed by atoms with Gasteiger partial charge in [0.25, 0.3) is 5.91 Å². The first-order chi connectivity index (χ1) is 14.3. The quantitative estimate of drug-likeness (QED) is 0.474. The number of fused-ring (bicyclic) bond motifs is 2. The molecule has 3 atom stereocenters. The van der Waals surface area contributed by atoms with Gasteiger partial charge in [-0.15, -0.1) is 0 Å². The van der Waals surface area contributed by atoms with Crippen molar-refractivity contribution >= 4 is 15.9 Å². The zero-order valence-electron chi connectivity index (χ0n) is 15.9. The number of hydrogen-bond acceptors (Lipinski definition) is 6. The van der Waals surface area contributed by atoms with Crippen LogP contribution in [0.5, 0.6) is 11.5 Å². The molecule has 0 aliphatic carbocycles. The predicted octanol–water partition coefficient (Wildman–Crippen LogP) is 2.48. The molecule has 0 unspecified atom stereocenters. The Morgan fingerprint density at radius 1 is 1.03 bits per heavy atom. The van der Waals surface area contributed by atoms with E-state index in [-0.39, 0.29) is 29.9 Å². The van der Waals surface area contributed by atoms with Gasteiger partial charge in [0.05, 0.1) is 17.1 Å². The van der Waals surface area contributed by atoms with Gasteiger partial charge in [0.1, 0.15) is 22.9 Å². The van der Waals surface area contributed by atoms with Crippen LogP contribution in [0.1, 0.15) is 25.7 Å². The van der Waals surface area contributed by atoms with E-state index >= 15 is 0 Å². The van der Waals surface area contributed by atoms with E-state index in [0.29, 0.717) is 11.5 Å². The highest BCUT2D eigenvalue weighted by molar-refractivity contribution is 7.89. The Balaban J connectivity index is 1.53. The van der Waals surface area contributed by atoms with Crippen LogP contribution in [-0.2, 0) is 19.6 Å². The molecule has 1 amide bonds. The molecule has 4 rings (SSSR count). The number of benzene rings is 2. The van der Waals surface area contributed by atoms with Crippen molar-refractivity contribution in [2.75, 3.05) is 0 Å². The average Bonchev–Trinajstić information content (AvgIpc) is 3.07. The third kappa shape index (κ3) is 4.17. The molecular weight excluding hydrogens is 415 g/mol. The molecular formula is C20H21FN2O6S. The van der Waals surface area contributed by atoms with E-state index in [1.165, 1.54) is 48.5 Å². The van der Waals surface area contributed by atoms with E-state index in [9.17, 15) is 22.8 Å². The van der Waals surface area contributed by atoms with Crippen molar-refractivity contribution in [3.8, 4) is 11.5 Å². The van der Waals surface area contributed by atoms with Crippen molar-refractivity contribution in [1.82, 2.24) is 10.2 Å². The lowest BCUT2D eigenvalue weighted by Gasteiger charge is -2.38. The van der Waals surface area contributed by atoms with Crippen LogP contribution in [0.2, 0.25) is 0 Å². The summed E-state index contributed by atoms with van der Waals surface area (Å²) in [5.74, 6) is -0.423. The zero-order valence-corrected chi connectivity index (χ0v) is 16.7. The lowest BCUT2D eigenvalue weighted by molar-refractivity contribution is -0.142. The van der Waals surface area contributed by atoms with Crippen LogP contribution in [0, 0.1) is 5.82 Å². The fourth-order valence-corrected chi connectivity index (χ4v) is 5.39. The smallest absolute Gasteiger partial charge is 0.264 e. The molecule has 30 heavy (non-hydrogen) atoms. The minimum atomic E-state index is -4.07. The molecule has 2 heterocycles. The Kier molecular flexibility index (Phi) is 5.49. The SMILES string of the molecule is O=C(NO)[C@]1(NS(=O)(=O)c2ccc(Oc3ccc(F)cc3)cc2)C[C@H]2CC[C@@H](C1)O2. The van der Waals surface area contributed by atoms with Crippen molar-refractivity contribution in [3.63, 3.8) is 0 Å². The molecule has 2 aliphatic rings. The minimum Gasteiger partial charge on any atom is -0.457 e. The van der Waals surface area contributed by atoms with E-state index in [1.807, 2.05) is 0 Å². The molecule has 2 aromatic rings. The highest BCUT2D eigenvalue weighted by Crippen LogP contribution is 2.39. The Morgan fingerprint density at radius 3 is 2.10 bits per heavy atom. The van der Waals surface area contributed by atoms with E-state index in [1.54, 1.807) is 5.48 Å². The van der Waals surface area contributed by atoms with Crippen LogP contribution in [0.25, 0.3) is 0 Å². The van der Waals surface area contributed by atoms with Crippen molar-refractivity contribution in [3.05, 3.63) is 54.3 Å². The van der Waals surface area contributed by atoms with Crippen LogP contribution in [0.4, 0.5) is 4.39 Å². The molecule has 2 aliphatic heterocycles. The van der Waals surface area contributed by atoms with Crippen LogP contribution in [0.15, 0.2) is 53.4 Å². The molecule has 2 fully saturated rings. The number of carbonyl (C=O) groups excluding carboxylic acids is 1. The van der Waals surface area contributed by atoms with Gasteiger partial charge < -0.3 is 9.47 Å². The molecule has 2 saturated heterocycles. The standard InChI is InChI=1S/C20H21FN2O6S/c21-13-1-3-14(4-2-13)28-15-7-9-18(10-8-15)30(26,27)23-20(19(24)22-25)11-16-5-6-17(12-20)29-16/h1-4,7-10,16-17,23,25H,5-6,11-12H2,(H,22,24)/t16-,17+,20+. The summed E-state index contributed by atoms with van der Waals surface area (Å²) in [6.07, 6.45) is 1.28. The predicted molar refractivity (Wildman–Crippen MR) is 103 cm³/mol. The molecule has 10 heteroatoms. The summed E-state index contributed by atoms with van der Waals surface area (Å²) in [6, 6.07) is 11.0. The molecule has 8 nitrogen and oxygen atoms in total. The molecule has 0 aromatic heterocycles. The van der Waals surface area contributed by atoms with Crippen molar-refractivity contribution < 1.29 is 32.3 Å². The Labute approximate surface area is 173 Å². The molecule has 0 radical (unpaired) electrons. The number of hydrogen-bond donors (Lipinski definition) is 3. The van der Waals surface area contributed by atoms with Crippen LogP contribution in [0.3, 0.4) is 0 Å². The largest absolute Gasteiger partial charge is 0.457 e. The number of hydroxylamine groups is 1. The van der Waals surface area contributed by atoms with E-state index < -0.39 is 27.3 Å². The Bertz CT molecular complexity index is 1010. The van der Waals surface area contributed by atoms with E-state index in [4.69, 9.17) is 9.47 Å². The Hall–Kier alpha value is -2.53. The molecule has 0 spiro atoms. The monoisotopic (exact) mass is 436 g/mol. The maximum absolute atomic E-state index is 13.0. The maximum atomic E-state index is 13.0. The van der Waals surface area contributed by atoms with Crippen molar-refractivity contribution in [2.45, 2.75) is 48.3 Å². The van der Waals surface area contributed by atoms with Gasteiger partial charge in [0.2, 0.25) is 10.0 Å². The lowest BCUT2D eigenvalue weighted by Crippen LogP contribution is -2.62. The van der Waals surface area contributed by atoms with Gasteiger partial charge in [0.15, 0.2) is 0 Å². The second kappa shape index (κ2) is 7.95. The second-order valence-electron chi connectivity index (χ2n) is 7.52. The van der Waals surface area contributed by atoms with Crippen LogP contribution < -0.4 is 14.9 Å². The third-order valence-corrected chi connectivity index (χ3v) is 6.95. The second-order valence-corrected chi connectivity index (χ2v) is 9.20. The summed E-state index contributed by atoms with van der Waals surface area (Å²) in [4.78, 5) is 12.4. The summed E-state index contributed by atoms with van der Waals surface area (Å²) in [6.45, 7) is 0. The number of rotatable bonds is 6. The minimum absolute atomic E-state index is 0.0575. The number of halogens is 1. The van der Waals surface area contributed by atoms with E-state index in [2.05, 4.69) is 4.72 Å². The summed E-state index contributed by atoms with van der Waals surface area (Å²) in [5.41, 5.74) is 0.106. The van der Waals surface area contributed by atoms with Crippen LogP contribution in [-0.4, -0.2) is 37.3 Å². The molecule has 0 saturated carbocycles.